The summed E-state index contributed by atoms with van der Waals surface area (Å²) in [5.74, 6) is 1.09. The molecule has 2 heterocycles. The molecule has 0 unspecified atom stereocenters. The molecule has 4 nitrogen and oxygen atoms in total. The van der Waals surface area contributed by atoms with E-state index in [9.17, 15) is 4.79 Å². The predicted octanol–water partition coefficient (Wildman–Crippen LogP) is 1.99. The van der Waals surface area contributed by atoms with Crippen molar-refractivity contribution in [2.45, 2.75) is 71.2 Å². The number of morpholine rings is 1. The summed E-state index contributed by atoms with van der Waals surface area (Å²) in [6.45, 7) is 14.0. The SMILES string of the molecule is C=C1CCC[C@]2(C)C[C@H]3OC(=O)[C@H](C[NH+]4C[C@@H](C)O[C@H](C)C4)[C@H]3C[C@@H]12. The third kappa shape index (κ3) is 3.16. The highest BCUT2D eigenvalue weighted by Gasteiger charge is 2.56. The number of hydrogen-bond acceptors (Lipinski definition) is 3. The summed E-state index contributed by atoms with van der Waals surface area (Å²) in [6, 6.07) is 0. The van der Waals surface area contributed by atoms with Gasteiger partial charge in [-0.2, -0.15) is 0 Å². The number of rotatable bonds is 2. The van der Waals surface area contributed by atoms with Crippen LogP contribution >= 0.6 is 0 Å². The standard InChI is InChI=1S/C21H33NO3/c1-13-6-5-7-21(4)9-19-16(8-18(13)21)17(20(23)25-19)12-22-10-14(2)24-15(3)11-22/h14-19H,1,5-12H2,2-4H3/p+1/t14-,15-,16-,17-,18+,19-,21-/m1/s1. The molecule has 0 radical (unpaired) electrons. The number of carbonyl (C=O) groups is 1. The Balaban J connectivity index is 1.49. The Hall–Kier alpha value is -0.870. The van der Waals surface area contributed by atoms with Gasteiger partial charge in [-0.15, -0.1) is 0 Å². The van der Waals surface area contributed by atoms with E-state index in [1.54, 1.807) is 0 Å². The molecule has 2 saturated heterocycles. The number of nitrogens with one attached hydrogen (secondary N) is 1. The van der Waals surface area contributed by atoms with Gasteiger partial charge < -0.3 is 14.4 Å². The molecule has 4 aliphatic rings. The number of quaternary nitrogens is 1. The van der Waals surface area contributed by atoms with E-state index in [4.69, 9.17) is 9.47 Å². The first kappa shape index (κ1) is 17.5. The molecule has 0 aromatic rings. The summed E-state index contributed by atoms with van der Waals surface area (Å²) in [5, 5.41) is 0. The molecule has 4 rings (SSSR count). The Morgan fingerprint density at radius 3 is 2.72 bits per heavy atom. The van der Waals surface area contributed by atoms with E-state index in [1.165, 1.54) is 29.7 Å². The van der Waals surface area contributed by atoms with Gasteiger partial charge in [-0.25, -0.2) is 0 Å². The van der Waals surface area contributed by atoms with Gasteiger partial charge in [0, 0.05) is 5.92 Å². The van der Waals surface area contributed by atoms with Crippen LogP contribution in [0.2, 0.25) is 0 Å². The maximum Gasteiger partial charge on any atom is 0.315 e. The molecule has 2 saturated carbocycles. The molecule has 25 heavy (non-hydrogen) atoms. The third-order valence-electron chi connectivity index (χ3n) is 7.45. The first-order valence-corrected chi connectivity index (χ1v) is 10.2. The van der Waals surface area contributed by atoms with Gasteiger partial charge in [0.25, 0.3) is 0 Å². The summed E-state index contributed by atoms with van der Waals surface area (Å²) >= 11 is 0. The minimum absolute atomic E-state index is 0.0576. The molecule has 0 amide bonds. The van der Waals surface area contributed by atoms with Gasteiger partial charge in [-0.3, -0.25) is 4.79 Å². The molecular formula is C21H34NO3+. The first-order chi connectivity index (χ1) is 11.9. The van der Waals surface area contributed by atoms with Gasteiger partial charge in [-0.1, -0.05) is 19.1 Å². The van der Waals surface area contributed by atoms with Crippen LogP contribution in [0.3, 0.4) is 0 Å². The molecular weight excluding hydrogens is 314 g/mol. The van der Waals surface area contributed by atoms with Crippen molar-refractivity contribution in [3.05, 3.63) is 12.2 Å². The minimum atomic E-state index is 0.0576. The van der Waals surface area contributed by atoms with Crippen LogP contribution in [-0.4, -0.2) is 43.9 Å². The van der Waals surface area contributed by atoms with Crippen molar-refractivity contribution in [3.63, 3.8) is 0 Å². The fourth-order valence-electron chi connectivity index (χ4n) is 6.36. The lowest BCUT2D eigenvalue weighted by Crippen LogP contribution is -3.16. The van der Waals surface area contributed by atoms with E-state index in [0.29, 0.717) is 17.3 Å². The van der Waals surface area contributed by atoms with E-state index >= 15 is 0 Å². The van der Waals surface area contributed by atoms with Crippen LogP contribution in [-0.2, 0) is 14.3 Å². The second-order valence-corrected chi connectivity index (χ2v) is 9.52. The first-order valence-electron chi connectivity index (χ1n) is 10.2. The Labute approximate surface area is 151 Å². The second kappa shape index (κ2) is 6.38. The van der Waals surface area contributed by atoms with Crippen LogP contribution in [0.5, 0.6) is 0 Å². The molecule has 4 heteroatoms. The lowest BCUT2D eigenvalue weighted by Gasteiger charge is -2.50. The maximum absolute atomic E-state index is 12.7. The van der Waals surface area contributed by atoms with Crippen molar-refractivity contribution in [2.75, 3.05) is 19.6 Å². The Kier molecular flexibility index (Phi) is 4.48. The maximum atomic E-state index is 12.7. The van der Waals surface area contributed by atoms with E-state index in [1.807, 2.05) is 0 Å². The van der Waals surface area contributed by atoms with Crippen LogP contribution in [0.15, 0.2) is 12.2 Å². The Morgan fingerprint density at radius 1 is 1.28 bits per heavy atom. The van der Waals surface area contributed by atoms with Crippen LogP contribution in [0, 0.1) is 23.2 Å². The molecule has 0 aromatic carbocycles. The second-order valence-electron chi connectivity index (χ2n) is 9.52. The van der Waals surface area contributed by atoms with E-state index in [2.05, 4.69) is 27.4 Å². The summed E-state index contributed by atoms with van der Waals surface area (Å²) in [6.07, 6.45) is 6.50. The fraction of sp³-hybridized carbons (Fsp3) is 0.857. The number of hydrogen-bond donors (Lipinski definition) is 1. The lowest BCUT2D eigenvalue weighted by atomic mass is 9.55. The highest BCUT2D eigenvalue weighted by molar-refractivity contribution is 5.75. The Bertz CT molecular complexity index is 551. The van der Waals surface area contributed by atoms with Gasteiger partial charge in [0.2, 0.25) is 0 Å². The number of ether oxygens (including phenoxy) is 2. The highest BCUT2D eigenvalue weighted by atomic mass is 16.6. The largest absolute Gasteiger partial charge is 0.462 e. The van der Waals surface area contributed by atoms with Crippen molar-refractivity contribution in [1.29, 1.82) is 0 Å². The smallest absolute Gasteiger partial charge is 0.315 e. The lowest BCUT2D eigenvalue weighted by molar-refractivity contribution is -0.917. The fourth-order valence-corrected chi connectivity index (χ4v) is 6.36. The average Bonchev–Trinajstić information content (AvgIpc) is 2.79. The molecule has 2 aliphatic heterocycles. The number of fused-ring (bicyclic) bond motifs is 2. The van der Waals surface area contributed by atoms with Crippen molar-refractivity contribution >= 4 is 5.97 Å². The molecule has 140 valence electrons. The molecule has 4 fully saturated rings. The summed E-state index contributed by atoms with van der Waals surface area (Å²) in [7, 11) is 0. The van der Waals surface area contributed by atoms with E-state index in [0.717, 1.165) is 32.5 Å². The number of carbonyl (C=O) groups excluding carboxylic acids is 1. The van der Waals surface area contributed by atoms with Crippen LogP contribution in [0.25, 0.3) is 0 Å². The predicted molar refractivity (Wildman–Crippen MR) is 96.3 cm³/mol. The number of esters is 1. The average molecular weight is 349 g/mol. The summed E-state index contributed by atoms with van der Waals surface area (Å²) < 4.78 is 11.8. The van der Waals surface area contributed by atoms with Crippen LogP contribution < -0.4 is 4.90 Å². The van der Waals surface area contributed by atoms with Crippen LogP contribution in [0.1, 0.15) is 52.9 Å². The zero-order chi connectivity index (χ0) is 17.8. The van der Waals surface area contributed by atoms with Crippen LogP contribution in [0.4, 0.5) is 0 Å². The highest BCUT2D eigenvalue weighted by Crippen LogP contribution is 2.56. The Morgan fingerprint density at radius 2 is 2.00 bits per heavy atom. The zero-order valence-electron chi connectivity index (χ0n) is 16.1. The van der Waals surface area contributed by atoms with Gasteiger partial charge in [0.1, 0.15) is 37.3 Å². The topological polar surface area (TPSA) is 40.0 Å². The van der Waals surface area contributed by atoms with Crippen molar-refractivity contribution in [1.82, 2.24) is 0 Å². The summed E-state index contributed by atoms with van der Waals surface area (Å²) in [4.78, 5) is 14.2. The summed E-state index contributed by atoms with van der Waals surface area (Å²) in [5.41, 5.74) is 1.71. The quantitative estimate of drug-likeness (QED) is 0.613. The molecule has 1 N–H and O–H groups in total. The van der Waals surface area contributed by atoms with Crippen molar-refractivity contribution in [2.24, 2.45) is 23.2 Å². The zero-order valence-corrected chi connectivity index (χ0v) is 16.1. The van der Waals surface area contributed by atoms with Gasteiger partial charge in [-0.05, 0) is 57.3 Å². The van der Waals surface area contributed by atoms with E-state index < -0.39 is 0 Å². The van der Waals surface area contributed by atoms with Crippen molar-refractivity contribution < 1.29 is 19.2 Å². The molecule has 0 spiro atoms. The van der Waals surface area contributed by atoms with Gasteiger partial charge >= 0.3 is 5.97 Å². The molecule has 7 atom stereocenters. The van der Waals surface area contributed by atoms with Gasteiger partial charge in [0.05, 0.1) is 6.54 Å². The molecule has 0 aromatic heterocycles. The van der Waals surface area contributed by atoms with Crippen molar-refractivity contribution in [3.8, 4) is 0 Å². The normalized spacial score (nSPS) is 50.1. The molecule has 2 aliphatic carbocycles. The van der Waals surface area contributed by atoms with Gasteiger partial charge in [0.15, 0.2) is 0 Å². The molecule has 0 bridgehead atoms. The third-order valence-corrected chi connectivity index (χ3v) is 7.45. The number of allylic oxidation sites excluding steroid dienone is 1. The van der Waals surface area contributed by atoms with E-state index in [-0.39, 0.29) is 30.2 Å². The minimum Gasteiger partial charge on any atom is -0.462 e. The monoisotopic (exact) mass is 348 g/mol.